The molecule has 2 aromatic carbocycles. The summed E-state index contributed by atoms with van der Waals surface area (Å²) in [6.07, 6.45) is 1.64. The highest BCUT2D eigenvalue weighted by atomic mass is 32.1. The number of hydrogen-bond acceptors (Lipinski definition) is 9. The van der Waals surface area contributed by atoms with Crippen molar-refractivity contribution in [1.82, 2.24) is 4.57 Å². The lowest BCUT2D eigenvalue weighted by Gasteiger charge is -2.27. The molecule has 4 rings (SSSR count). The molecule has 0 unspecified atom stereocenters. The van der Waals surface area contributed by atoms with Crippen LogP contribution in [0.2, 0.25) is 0 Å². The minimum absolute atomic E-state index is 0.0741. The van der Waals surface area contributed by atoms with Crippen LogP contribution in [0.25, 0.3) is 6.08 Å². The monoisotopic (exact) mass is 552 g/mol. The van der Waals surface area contributed by atoms with Gasteiger partial charge in [-0.25, -0.2) is 9.79 Å². The first kappa shape index (κ1) is 28.1. The molecule has 39 heavy (non-hydrogen) atoms. The maximum absolute atomic E-state index is 14.0. The summed E-state index contributed by atoms with van der Waals surface area (Å²) in [5.74, 6) is 1.20. The van der Waals surface area contributed by atoms with Gasteiger partial charge in [0.1, 0.15) is 29.9 Å². The normalized spacial score (nSPS) is 15.2. The van der Waals surface area contributed by atoms with Gasteiger partial charge in [0.15, 0.2) is 4.80 Å². The highest BCUT2D eigenvalue weighted by molar-refractivity contribution is 7.07. The summed E-state index contributed by atoms with van der Waals surface area (Å²) in [4.78, 5) is 32.5. The van der Waals surface area contributed by atoms with Gasteiger partial charge in [0.25, 0.3) is 5.56 Å². The van der Waals surface area contributed by atoms with E-state index in [0.29, 0.717) is 43.4 Å². The van der Waals surface area contributed by atoms with Crippen molar-refractivity contribution in [3.8, 4) is 17.2 Å². The molecule has 0 aliphatic carbocycles. The standard InChI is InChI=1S/C29H32N2O7S/c1-17(2)38-22-10-8-7-9-21(22)26-25(28(33)37-14-13-34-4)18(3)30-29-31(26)27(32)24(39-29)15-19-11-12-20(35-5)16-23(19)36-6/h7-12,15-17,26H,13-14H2,1-6H3/b24-15+/t26-/m1/s1. The number of aromatic nitrogens is 1. The van der Waals surface area contributed by atoms with E-state index in [9.17, 15) is 9.59 Å². The first-order valence-corrected chi connectivity index (χ1v) is 13.3. The summed E-state index contributed by atoms with van der Waals surface area (Å²) in [5, 5.41) is 0. The van der Waals surface area contributed by atoms with Crippen LogP contribution in [0, 0.1) is 0 Å². The fourth-order valence-electron chi connectivity index (χ4n) is 4.32. The number of nitrogens with zero attached hydrogens (tertiary/aromatic N) is 2. The lowest BCUT2D eigenvalue weighted by atomic mass is 9.95. The van der Waals surface area contributed by atoms with Crippen LogP contribution >= 0.6 is 11.3 Å². The van der Waals surface area contributed by atoms with Crippen LogP contribution in [0.1, 0.15) is 37.9 Å². The molecule has 1 aliphatic rings. The van der Waals surface area contributed by atoms with Crippen molar-refractivity contribution in [3.05, 3.63) is 84.5 Å². The Morgan fingerprint density at radius 2 is 1.85 bits per heavy atom. The SMILES string of the molecule is COCCOC(=O)C1=C(C)N=c2s/c(=C/c3ccc(OC)cc3OC)c(=O)n2[C@@H]1c1ccccc1OC(C)C. The lowest BCUT2D eigenvalue weighted by Crippen LogP contribution is -2.40. The van der Waals surface area contributed by atoms with E-state index < -0.39 is 12.0 Å². The zero-order valence-electron chi connectivity index (χ0n) is 22.8. The topological polar surface area (TPSA) is 97.6 Å². The van der Waals surface area contributed by atoms with Gasteiger partial charge in [0.2, 0.25) is 0 Å². The minimum Gasteiger partial charge on any atom is -0.497 e. The molecule has 0 N–H and O–H groups in total. The van der Waals surface area contributed by atoms with Gasteiger partial charge in [0.05, 0.1) is 42.7 Å². The number of allylic oxidation sites excluding steroid dienone is 1. The third kappa shape index (κ3) is 5.91. The quantitative estimate of drug-likeness (QED) is 0.281. The molecule has 0 saturated heterocycles. The maximum Gasteiger partial charge on any atom is 0.338 e. The number of methoxy groups -OCH3 is 3. The van der Waals surface area contributed by atoms with Crippen LogP contribution in [0.5, 0.6) is 17.2 Å². The third-order valence-corrected chi connectivity index (χ3v) is 7.05. The van der Waals surface area contributed by atoms with Gasteiger partial charge in [-0.2, -0.15) is 0 Å². The van der Waals surface area contributed by atoms with Gasteiger partial charge in [-0.15, -0.1) is 0 Å². The van der Waals surface area contributed by atoms with Crippen molar-refractivity contribution < 1.29 is 28.5 Å². The lowest BCUT2D eigenvalue weighted by molar-refractivity contribution is -0.140. The van der Waals surface area contributed by atoms with Gasteiger partial charge >= 0.3 is 5.97 Å². The van der Waals surface area contributed by atoms with Crippen molar-refractivity contribution in [2.75, 3.05) is 34.5 Å². The van der Waals surface area contributed by atoms with Crippen molar-refractivity contribution in [1.29, 1.82) is 0 Å². The fraction of sp³-hybridized carbons (Fsp3) is 0.345. The van der Waals surface area contributed by atoms with E-state index in [2.05, 4.69) is 4.99 Å². The van der Waals surface area contributed by atoms with Crippen molar-refractivity contribution in [2.24, 2.45) is 4.99 Å². The summed E-state index contributed by atoms with van der Waals surface area (Å²) < 4.78 is 29.4. The molecule has 3 aromatic rings. The second kappa shape index (κ2) is 12.3. The maximum atomic E-state index is 14.0. The van der Waals surface area contributed by atoms with Crippen LogP contribution in [0.15, 0.2) is 63.5 Å². The number of fused-ring (bicyclic) bond motifs is 1. The molecule has 206 valence electrons. The van der Waals surface area contributed by atoms with Crippen LogP contribution in [-0.2, 0) is 14.3 Å². The second-order valence-electron chi connectivity index (χ2n) is 9.02. The molecule has 9 nitrogen and oxygen atoms in total. The first-order chi connectivity index (χ1) is 18.8. The molecule has 1 aromatic heterocycles. The second-order valence-corrected chi connectivity index (χ2v) is 10.0. The van der Waals surface area contributed by atoms with Crippen molar-refractivity contribution in [2.45, 2.75) is 32.9 Å². The summed E-state index contributed by atoms with van der Waals surface area (Å²) in [6, 6.07) is 12.0. The summed E-state index contributed by atoms with van der Waals surface area (Å²) in [6.45, 7) is 5.91. The Morgan fingerprint density at radius 1 is 1.08 bits per heavy atom. The summed E-state index contributed by atoms with van der Waals surface area (Å²) >= 11 is 1.24. The molecule has 0 amide bonds. The molecular formula is C29H32N2O7S. The number of rotatable bonds is 10. The van der Waals surface area contributed by atoms with Crippen LogP contribution in [0.4, 0.5) is 0 Å². The van der Waals surface area contributed by atoms with Gasteiger partial charge < -0.3 is 23.7 Å². The molecule has 0 fully saturated rings. The first-order valence-electron chi connectivity index (χ1n) is 12.4. The smallest absolute Gasteiger partial charge is 0.338 e. The van der Waals surface area contributed by atoms with Gasteiger partial charge in [-0.3, -0.25) is 9.36 Å². The Bertz CT molecular complexity index is 1570. The average molecular weight is 553 g/mol. The zero-order valence-corrected chi connectivity index (χ0v) is 23.7. The van der Waals surface area contributed by atoms with Crippen LogP contribution in [0.3, 0.4) is 0 Å². The largest absolute Gasteiger partial charge is 0.497 e. The molecule has 1 atom stereocenters. The van der Waals surface area contributed by atoms with E-state index in [4.69, 9.17) is 23.7 Å². The third-order valence-electron chi connectivity index (χ3n) is 6.07. The Kier molecular flexibility index (Phi) is 8.88. The van der Waals surface area contributed by atoms with E-state index >= 15 is 0 Å². The molecule has 10 heteroatoms. The van der Waals surface area contributed by atoms with E-state index in [0.717, 1.165) is 0 Å². The van der Waals surface area contributed by atoms with Crippen LogP contribution < -0.4 is 29.1 Å². The van der Waals surface area contributed by atoms with Gasteiger partial charge in [-0.05, 0) is 45.0 Å². The van der Waals surface area contributed by atoms with E-state index in [1.54, 1.807) is 39.4 Å². The Labute approximate surface area is 230 Å². The number of hydrogen-bond donors (Lipinski definition) is 0. The number of carbonyl (C=O) groups is 1. The molecule has 0 bridgehead atoms. The molecule has 0 saturated carbocycles. The highest BCUT2D eigenvalue weighted by Gasteiger charge is 2.35. The Balaban J connectivity index is 1.93. The number of ether oxygens (including phenoxy) is 5. The predicted octanol–water partition coefficient (Wildman–Crippen LogP) is 3.23. The van der Waals surface area contributed by atoms with Gasteiger partial charge in [0, 0.05) is 24.3 Å². The Morgan fingerprint density at radius 3 is 2.54 bits per heavy atom. The molecular weight excluding hydrogens is 520 g/mol. The minimum atomic E-state index is -0.800. The van der Waals surface area contributed by atoms with E-state index in [-0.39, 0.29) is 30.5 Å². The predicted molar refractivity (Wildman–Crippen MR) is 148 cm³/mol. The number of carbonyl (C=O) groups excluding carboxylic acids is 1. The molecule has 2 heterocycles. The number of esters is 1. The molecule has 0 spiro atoms. The Hall–Kier alpha value is -3.89. The fourth-order valence-corrected chi connectivity index (χ4v) is 5.36. The van der Waals surface area contributed by atoms with E-state index in [1.165, 1.54) is 23.0 Å². The van der Waals surface area contributed by atoms with Crippen molar-refractivity contribution in [3.63, 3.8) is 0 Å². The summed E-state index contributed by atoms with van der Waals surface area (Å²) in [7, 11) is 4.67. The van der Waals surface area contributed by atoms with Crippen LogP contribution in [-0.4, -0.2) is 51.2 Å². The number of para-hydroxylation sites is 1. The van der Waals surface area contributed by atoms with E-state index in [1.807, 2.05) is 44.2 Å². The van der Waals surface area contributed by atoms with Crippen molar-refractivity contribution >= 4 is 23.4 Å². The number of thiazole rings is 1. The van der Waals surface area contributed by atoms with Gasteiger partial charge in [-0.1, -0.05) is 29.5 Å². The number of benzene rings is 2. The summed E-state index contributed by atoms with van der Waals surface area (Å²) in [5.41, 5.74) is 1.81. The average Bonchev–Trinajstić information content (AvgIpc) is 3.22. The zero-order chi connectivity index (χ0) is 28.1. The molecule has 0 radical (unpaired) electrons. The molecule has 1 aliphatic heterocycles. The highest BCUT2D eigenvalue weighted by Crippen LogP contribution is 2.36.